The van der Waals surface area contributed by atoms with Crippen LogP contribution in [0, 0.1) is 5.92 Å². The first-order valence-corrected chi connectivity index (χ1v) is 7.32. The Morgan fingerprint density at radius 2 is 2.25 bits per heavy atom. The van der Waals surface area contributed by atoms with E-state index in [1.54, 1.807) is 0 Å². The van der Waals surface area contributed by atoms with E-state index in [4.69, 9.17) is 4.42 Å². The summed E-state index contributed by atoms with van der Waals surface area (Å²) in [6.45, 7) is 4.24. The quantitative estimate of drug-likeness (QED) is 0.892. The van der Waals surface area contributed by atoms with Crippen molar-refractivity contribution in [2.24, 2.45) is 5.92 Å². The zero-order valence-electron chi connectivity index (χ0n) is 12.0. The number of fused-ring (bicyclic) bond motifs is 1. The summed E-state index contributed by atoms with van der Waals surface area (Å²) in [6.07, 6.45) is 3.81. The van der Waals surface area contributed by atoms with Crippen LogP contribution in [0.1, 0.15) is 51.3 Å². The largest absolute Gasteiger partial charge is 0.440 e. The number of aromatic nitrogens is 1. The van der Waals surface area contributed by atoms with Gasteiger partial charge in [0, 0.05) is 18.0 Å². The summed E-state index contributed by atoms with van der Waals surface area (Å²) in [6, 6.07) is 5.64. The van der Waals surface area contributed by atoms with E-state index in [1.807, 2.05) is 18.2 Å². The third-order valence-corrected chi connectivity index (χ3v) is 3.56. The van der Waals surface area contributed by atoms with Crippen molar-refractivity contribution in [1.82, 2.24) is 4.98 Å². The number of rotatable bonds is 5. The lowest BCUT2D eigenvalue weighted by molar-refractivity contribution is -0.116. The minimum Gasteiger partial charge on any atom is -0.440 e. The third-order valence-electron chi connectivity index (χ3n) is 3.56. The molecule has 4 heteroatoms. The highest BCUT2D eigenvalue weighted by Gasteiger charge is 2.28. The summed E-state index contributed by atoms with van der Waals surface area (Å²) < 4.78 is 5.71. The number of benzene rings is 1. The van der Waals surface area contributed by atoms with Crippen molar-refractivity contribution in [3.05, 3.63) is 24.1 Å². The lowest BCUT2D eigenvalue weighted by Gasteiger charge is -2.06. The molecule has 20 heavy (non-hydrogen) atoms. The molecule has 1 fully saturated rings. The molecule has 1 aliphatic rings. The maximum absolute atomic E-state index is 11.8. The van der Waals surface area contributed by atoms with Gasteiger partial charge >= 0.3 is 0 Å². The van der Waals surface area contributed by atoms with E-state index in [2.05, 4.69) is 24.1 Å². The van der Waals surface area contributed by atoms with Crippen molar-refractivity contribution in [3.63, 3.8) is 0 Å². The monoisotopic (exact) mass is 272 g/mol. The van der Waals surface area contributed by atoms with Crippen LogP contribution in [0.3, 0.4) is 0 Å². The molecule has 0 bridgehead atoms. The van der Waals surface area contributed by atoms with E-state index in [0.717, 1.165) is 29.1 Å². The molecule has 0 saturated heterocycles. The average Bonchev–Trinajstić information content (AvgIpc) is 3.16. The molecular weight excluding hydrogens is 252 g/mol. The van der Waals surface area contributed by atoms with Gasteiger partial charge in [0.05, 0.1) is 0 Å². The van der Waals surface area contributed by atoms with E-state index in [0.29, 0.717) is 18.3 Å². The van der Waals surface area contributed by atoms with E-state index in [1.165, 1.54) is 12.8 Å². The van der Waals surface area contributed by atoms with Crippen molar-refractivity contribution < 1.29 is 9.21 Å². The molecule has 2 aromatic rings. The van der Waals surface area contributed by atoms with Crippen LogP contribution < -0.4 is 5.32 Å². The van der Waals surface area contributed by atoms with Gasteiger partial charge in [-0.1, -0.05) is 13.8 Å². The second kappa shape index (κ2) is 5.27. The normalized spacial score (nSPS) is 14.9. The topological polar surface area (TPSA) is 55.1 Å². The van der Waals surface area contributed by atoms with Gasteiger partial charge in [0.1, 0.15) is 5.52 Å². The first kappa shape index (κ1) is 13.2. The molecular formula is C16H20N2O2. The molecule has 0 spiro atoms. The lowest BCUT2D eigenvalue weighted by atomic mass is 10.1. The number of carbonyl (C=O) groups is 1. The standard InChI is InChI=1S/C16H20N2O2/c1-10(2)3-8-15(19)17-12-6-7-14-13(9-12)18-16(20-14)11-4-5-11/h6-7,9-11H,3-5,8H2,1-2H3,(H,17,19). The van der Waals surface area contributed by atoms with E-state index in [-0.39, 0.29) is 5.91 Å². The first-order chi connectivity index (χ1) is 9.61. The van der Waals surface area contributed by atoms with Crippen LogP contribution in [-0.4, -0.2) is 10.9 Å². The Bertz CT molecular complexity index is 626. The van der Waals surface area contributed by atoms with Crippen molar-refractivity contribution in [2.45, 2.75) is 45.4 Å². The van der Waals surface area contributed by atoms with Crippen LogP contribution in [0.2, 0.25) is 0 Å². The second-order valence-electron chi connectivity index (χ2n) is 5.99. The van der Waals surface area contributed by atoms with Crippen LogP contribution >= 0.6 is 0 Å². The Hall–Kier alpha value is -1.84. The molecule has 1 N–H and O–H groups in total. The maximum atomic E-state index is 11.8. The maximum Gasteiger partial charge on any atom is 0.224 e. The molecule has 4 nitrogen and oxygen atoms in total. The van der Waals surface area contributed by atoms with E-state index in [9.17, 15) is 4.79 Å². The van der Waals surface area contributed by atoms with Gasteiger partial charge in [-0.3, -0.25) is 4.79 Å². The number of hydrogen-bond donors (Lipinski definition) is 1. The van der Waals surface area contributed by atoms with Crippen LogP contribution in [0.15, 0.2) is 22.6 Å². The number of anilines is 1. The molecule has 1 saturated carbocycles. The Labute approximate surface area is 118 Å². The zero-order valence-corrected chi connectivity index (χ0v) is 12.0. The fraction of sp³-hybridized carbons (Fsp3) is 0.500. The van der Waals surface area contributed by atoms with Gasteiger partial charge in [0.25, 0.3) is 0 Å². The molecule has 0 radical (unpaired) electrons. The predicted octanol–water partition coefficient (Wildman–Crippen LogP) is 4.08. The summed E-state index contributed by atoms with van der Waals surface area (Å²) in [5, 5.41) is 2.92. The molecule has 1 aliphatic carbocycles. The lowest BCUT2D eigenvalue weighted by Crippen LogP contribution is -2.12. The summed E-state index contributed by atoms with van der Waals surface area (Å²) >= 11 is 0. The fourth-order valence-corrected chi connectivity index (χ4v) is 2.17. The Balaban J connectivity index is 1.70. The van der Waals surface area contributed by atoms with E-state index >= 15 is 0 Å². The zero-order chi connectivity index (χ0) is 14.1. The first-order valence-electron chi connectivity index (χ1n) is 7.32. The Kier molecular flexibility index (Phi) is 3.47. The number of hydrogen-bond acceptors (Lipinski definition) is 3. The Morgan fingerprint density at radius 3 is 2.95 bits per heavy atom. The molecule has 0 unspecified atom stereocenters. The molecule has 1 heterocycles. The molecule has 3 rings (SSSR count). The minimum atomic E-state index is 0.0592. The van der Waals surface area contributed by atoms with Gasteiger partial charge in [-0.25, -0.2) is 4.98 Å². The number of carbonyl (C=O) groups excluding carboxylic acids is 1. The summed E-state index contributed by atoms with van der Waals surface area (Å²) in [5.74, 6) is 1.94. The number of oxazole rings is 1. The predicted molar refractivity (Wildman–Crippen MR) is 78.7 cm³/mol. The molecule has 1 aromatic carbocycles. The van der Waals surface area contributed by atoms with Crippen LogP contribution in [-0.2, 0) is 4.79 Å². The average molecular weight is 272 g/mol. The van der Waals surface area contributed by atoms with Crippen molar-refractivity contribution in [1.29, 1.82) is 0 Å². The highest BCUT2D eigenvalue weighted by molar-refractivity contribution is 5.92. The minimum absolute atomic E-state index is 0.0592. The van der Waals surface area contributed by atoms with Gasteiger partial charge in [-0.05, 0) is 43.4 Å². The van der Waals surface area contributed by atoms with Gasteiger partial charge in [-0.2, -0.15) is 0 Å². The summed E-state index contributed by atoms with van der Waals surface area (Å²) in [7, 11) is 0. The number of nitrogens with zero attached hydrogens (tertiary/aromatic N) is 1. The third kappa shape index (κ3) is 3.00. The highest BCUT2D eigenvalue weighted by atomic mass is 16.3. The molecule has 1 aromatic heterocycles. The number of amides is 1. The fourth-order valence-electron chi connectivity index (χ4n) is 2.17. The van der Waals surface area contributed by atoms with Crippen molar-refractivity contribution >= 4 is 22.7 Å². The van der Waals surface area contributed by atoms with Crippen molar-refractivity contribution in [3.8, 4) is 0 Å². The SMILES string of the molecule is CC(C)CCC(=O)Nc1ccc2oc(C3CC3)nc2c1. The van der Waals surface area contributed by atoms with Gasteiger partial charge < -0.3 is 9.73 Å². The second-order valence-corrected chi connectivity index (χ2v) is 5.99. The molecule has 0 atom stereocenters. The van der Waals surface area contributed by atoms with Gasteiger partial charge in [0.15, 0.2) is 11.5 Å². The number of nitrogens with one attached hydrogen (secondary N) is 1. The van der Waals surface area contributed by atoms with Crippen molar-refractivity contribution in [2.75, 3.05) is 5.32 Å². The highest BCUT2D eigenvalue weighted by Crippen LogP contribution is 2.40. The van der Waals surface area contributed by atoms with Crippen LogP contribution in [0.25, 0.3) is 11.1 Å². The molecule has 0 aliphatic heterocycles. The van der Waals surface area contributed by atoms with Gasteiger partial charge in [-0.15, -0.1) is 0 Å². The summed E-state index contributed by atoms with van der Waals surface area (Å²) in [4.78, 5) is 16.3. The van der Waals surface area contributed by atoms with Crippen LogP contribution in [0.4, 0.5) is 5.69 Å². The van der Waals surface area contributed by atoms with E-state index < -0.39 is 0 Å². The Morgan fingerprint density at radius 1 is 1.45 bits per heavy atom. The van der Waals surface area contributed by atoms with Gasteiger partial charge in [0.2, 0.25) is 5.91 Å². The summed E-state index contributed by atoms with van der Waals surface area (Å²) in [5.41, 5.74) is 2.42. The smallest absolute Gasteiger partial charge is 0.224 e. The molecule has 1 amide bonds. The molecule has 106 valence electrons. The van der Waals surface area contributed by atoms with Crippen LogP contribution in [0.5, 0.6) is 0 Å².